The van der Waals surface area contributed by atoms with Crippen LogP contribution in [0.4, 0.5) is 5.69 Å². The second-order valence-corrected chi connectivity index (χ2v) is 8.27. The Labute approximate surface area is 186 Å². The van der Waals surface area contributed by atoms with Crippen molar-refractivity contribution in [2.45, 2.75) is 31.7 Å². The van der Waals surface area contributed by atoms with Gasteiger partial charge in [-0.05, 0) is 49.2 Å². The Hall–Kier alpha value is -2.93. The molecular weight excluding hydrogens is 412 g/mol. The molecule has 164 valence electrons. The van der Waals surface area contributed by atoms with Crippen LogP contribution in [-0.2, 0) is 0 Å². The van der Waals surface area contributed by atoms with Gasteiger partial charge in [0.05, 0.1) is 39.8 Å². The van der Waals surface area contributed by atoms with Gasteiger partial charge in [0, 0.05) is 17.0 Å². The van der Waals surface area contributed by atoms with Gasteiger partial charge in [0.2, 0.25) is 5.75 Å². The van der Waals surface area contributed by atoms with E-state index >= 15 is 0 Å². The molecule has 1 fully saturated rings. The first-order valence-electron chi connectivity index (χ1n) is 10.4. The standard InChI is InChI=1S/C24H28N2O4S/c1-27-19-11-9-17(10-12-19)25-24-26(18-7-5-6-8-18)20(15-31-24)16-13-21(28-2)23(30-4)22(14-16)29-3/h9-15,18H,5-8H2,1-4H3. The van der Waals surface area contributed by atoms with Crippen LogP contribution in [0.5, 0.6) is 23.0 Å². The average molecular weight is 441 g/mol. The van der Waals surface area contributed by atoms with Gasteiger partial charge in [0.15, 0.2) is 16.3 Å². The number of benzene rings is 2. The van der Waals surface area contributed by atoms with Crippen molar-refractivity contribution in [1.29, 1.82) is 0 Å². The van der Waals surface area contributed by atoms with E-state index in [0.29, 0.717) is 23.3 Å². The molecule has 2 aromatic carbocycles. The van der Waals surface area contributed by atoms with E-state index in [9.17, 15) is 0 Å². The molecule has 4 rings (SSSR count). The van der Waals surface area contributed by atoms with Crippen molar-refractivity contribution in [3.8, 4) is 34.3 Å². The molecule has 0 radical (unpaired) electrons. The molecule has 1 aliphatic rings. The van der Waals surface area contributed by atoms with E-state index < -0.39 is 0 Å². The van der Waals surface area contributed by atoms with Crippen LogP contribution < -0.4 is 23.7 Å². The highest BCUT2D eigenvalue weighted by molar-refractivity contribution is 7.07. The molecule has 1 saturated carbocycles. The van der Waals surface area contributed by atoms with Gasteiger partial charge in [0.25, 0.3) is 0 Å². The second kappa shape index (κ2) is 9.47. The van der Waals surface area contributed by atoms with Crippen molar-refractivity contribution < 1.29 is 18.9 Å². The molecule has 1 heterocycles. The maximum atomic E-state index is 5.58. The monoisotopic (exact) mass is 440 g/mol. The number of aromatic nitrogens is 1. The minimum absolute atomic E-state index is 0.428. The number of hydrogen-bond donors (Lipinski definition) is 0. The zero-order valence-corrected chi connectivity index (χ0v) is 19.2. The fourth-order valence-electron chi connectivity index (χ4n) is 4.12. The first-order chi connectivity index (χ1) is 15.2. The van der Waals surface area contributed by atoms with E-state index in [-0.39, 0.29) is 0 Å². The third kappa shape index (κ3) is 4.28. The van der Waals surface area contributed by atoms with Crippen LogP contribution in [0.25, 0.3) is 11.3 Å². The summed E-state index contributed by atoms with van der Waals surface area (Å²) in [6, 6.07) is 12.3. The third-order valence-corrected chi connectivity index (χ3v) is 6.53. The van der Waals surface area contributed by atoms with Crippen molar-refractivity contribution in [3.05, 3.63) is 46.6 Å². The van der Waals surface area contributed by atoms with Crippen LogP contribution in [0, 0.1) is 0 Å². The number of thiazole rings is 1. The number of hydrogen-bond acceptors (Lipinski definition) is 6. The minimum atomic E-state index is 0.428. The number of rotatable bonds is 7. The average Bonchev–Trinajstić information content (AvgIpc) is 3.48. The Bertz CT molecular complexity index is 1070. The summed E-state index contributed by atoms with van der Waals surface area (Å²) >= 11 is 1.65. The third-order valence-electron chi connectivity index (χ3n) is 5.69. The lowest BCUT2D eigenvalue weighted by Crippen LogP contribution is -2.20. The van der Waals surface area contributed by atoms with Gasteiger partial charge in [-0.3, -0.25) is 0 Å². The van der Waals surface area contributed by atoms with Crippen molar-refractivity contribution >= 4 is 17.0 Å². The maximum absolute atomic E-state index is 5.58. The smallest absolute Gasteiger partial charge is 0.203 e. The number of ether oxygens (including phenoxy) is 4. The van der Waals surface area contributed by atoms with Gasteiger partial charge in [-0.1, -0.05) is 12.8 Å². The highest BCUT2D eigenvalue weighted by atomic mass is 32.1. The molecule has 0 aliphatic heterocycles. The summed E-state index contributed by atoms with van der Waals surface area (Å²) in [7, 11) is 6.58. The predicted octanol–water partition coefficient (Wildman–Crippen LogP) is 5.60. The van der Waals surface area contributed by atoms with Gasteiger partial charge >= 0.3 is 0 Å². The first-order valence-corrected chi connectivity index (χ1v) is 11.3. The van der Waals surface area contributed by atoms with Gasteiger partial charge < -0.3 is 23.5 Å². The van der Waals surface area contributed by atoms with E-state index in [1.165, 1.54) is 12.8 Å². The predicted molar refractivity (Wildman–Crippen MR) is 123 cm³/mol. The lowest BCUT2D eigenvalue weighted by atomic mass is 10.1. The number of methoxy groups -OCH3 is 4. The summed E-state index contributed by atoms with van der Waals surface area (Å²) in [6.45, 7) is 0. The van der Waals surface area contributed by atoms with E-state index in [2.05, 4.69) is 9.95 Å². The molecular formula is C24H28N2O4S. The fraction of sp³-hybridized carbons (Fsp3) is 0.375. The zero-order chi connectivity index (χ0) is 21.8. The topological polar surface area (TPSA) is 54.2 Å². The highest BCUT2D eigenvalue weighted by Gasteiger charge is 2.23. The summed E-state index contributed by atoms with van der Waals surface area (Å²) in [4.78, 5) is 5.95. The van der Waals surface area contributed by atoms with Gasteiger partial charge in [-0.2, -0.15) is 0 Å². The molecule has 1 aliphatic carbocycles. The van der Waals surface area contributed by atoms with Gasteiger partial charge in [0.1, 0.15) is 5.75 Å². The van der Waals surface area contributed by atoms with Crippen LogP contribution in [0.2, 0.25) is 0 Å². The van der Waals surface area contributed by atoms with Crippen LogP contribution >= 0.6 is 11.3 Å². The van der Waals surface area contributed by atoms with Crippen LogP contribution in [0.1, 0.15) is 31.7 Å². The Kier molecular flexibility index (Phi) is 6.51. The molecule has 3 aromatic rings. The van der Waals surface area contributed by atoms with Crippen molar-refractivity contribution in [3.63, 3.8) is 0 Å². The largest absolute Gasteiger partial charge is 0.497 e. The zero-order valence-electron chi connectivity index (χ0n) is 18.4. The van der Waals surface area contributed by atoms with Crippen molar-refractivity contribution in [2.24, 2.45) is 4.99 Å². The van der Waals surface area contributed by atoms with E-state index in [1.807, 2.05) is 36.4 Å². The SMILES string of the molecule is COc1ccc(N=c2scc(-c3cc(OC)c(OC)c(OC)c3)n2C2CCCC2)cc1. The Morgan fingerprint density at radius 2 is 1.52 bits per heavy atom. The summed E-state index contributed by atoms with van der Waals surface area (Å²) in [6.07, 6.45) is 4.79. The molecule has 7 heteroatoms. The van der Waals surface area contributed by atoms with Crippen LogP contribution in [-0.4, -0.2) is 33.0 Å². The molecule has 0 saturated heterocycles. The van der Waals surface area contributed by atoms with Gasteiger partial charge in [-0.15, -0.1) is 11.3 Å². The minimum Gasteiger partial charge on any atom is -0.497 e. The van der Waals surface area contributed by atoms with Gasteiger partial charge in [-0.25, -0.2) is 4.99 Å². The summed E-state index contributed by atoms with van der Waals surface area (Å²) < 4.78 is 24.3. The highest BCUT2D eigenvalue weighted by Crippen LogP contribution is 2.42. The van der Waals surface area contributed by atoms with E-state index in [4.69, 9.17) is 23.9 Å². The maximum Gasteiger partial charge on any atom is 0.203 e. The molecule has 0 unspecified atom stereocenters. The first kappa shape index (κ1) is 21.3. The molecule has 1 aromatic heterocycles. The van der Waals surface area contributed by atoms with Crippen molar-refractivity contribution in [2.75, 3.05) is 28.4 Å². The Balaban J connectivity index is 1.86. The van der Waals surface area contributed by atoms with E-state index in [1.54, 1.807) is 39.8 Å². The molecule has 31 heavy (non-hydrogen) atoms. The quantitative estimate of drug-likeness (QED) is 0.480. The fourth-order valence-corrected chi connectivity index (χ4v) is 5.11. The number of nitrogens with zero attached hydrogens (tertiary/aromatic N) is 2. The lowest BCUT2D eigenvalue weighted by Gasteiger charge is -2.18. The Morgan fingerprint density at radius 1 is 0.871 bits per heavy atom. The molecule has 0 N–H and O–H groups in total. The molecule has 0 spiro atoms. The van der Waals surface area contributed by atoms with Crippen molar-refractivity contribution in [1.82, 2.24) is 4.57 Å². The molecule has 6 nitrogen and oxygen atoms in total. The summed E-state index contributed by atoms with van der Waals surface area (Å²) in [5.41, 5.74) is 3.04. The summed E-state index contributed by atoms with van der Waals surface area (Å²) in [5.74, 6) is 2.72. The van der Waals surface area contributed by atoms with Crippen LogP contribution in [0.3, 0.4) is 0 Å². The van der Waals surface area contributed by atoms with E-state index in [0.717, 1.165) is 40.3 Å². The lowest BCUT2D eigenvalue weighted by molar-refractivity contribution is 0.324. The molecule has 0 atom stereocenters. The molecule has 0 amide bonds. The summed E-state index contributed by atoms with van der Waals surface area (Å²) in [5, 5.41) is 2.17. The second-order valence-electron chi connectivity index (χ2n) is 7.44. The Morgan fingerprint density at radius 3 is 2.06 bits per heavy atom. The normalized spacial score (nSPS) is 14.6. The molecule has 0 bridgehead atoms. The van der Waals surface area contributed by atoms with Crippen LogP contribution in [0.15, 0.2) is 46.8 Å².